The summed E-state index contributed by atoms with van der Waals surface area (Å²) >= 11 is 0. The molecule has 0 bridgehead atoms. The van der Waals surface area contributed by atoms with Crippen LogP contribution in [-0.2, 0) is 6.61 Å². The predicted octanol–water partition coefficient (Wildman–Crippen LogP) is 2.41. The summed E-state index contributed by atoms with van der Waals surface area (Å²) in [7, 11) is 1.54. The molecule has 0 aliphatic heterocycles. The number of hydrogen-bond acceptors (Lipinski definition) is 6. The second-order valence-electron chi connectivity index (χ2n) is 4.62. The Labute approximate surface area is 115 Å². The van der Waals surface area contributed by atoms with Crippen LogP contribution in [0.4, 0.5) is 0 Å². The molecule has 3 rings (SSSR count). The monoisotopic (exact) mass is 271 g/mol. The van der Waals surface area contributed by atoms with Crippen LogP contribution in [-0.4, -0.2) is 17.3 Å². The van der Waals surface area contributed by atoms with E-state index < -0.39 is 0 Å². The number of methoxy groups -OCH3 is 1. The van der Waals surface area contributed by atoms with E-state index in [2.05, 4.69) is 16.2 Å². The third kappa shape index (κ3) is 2.72. The van der Waals surface area contributed by atoms with Crippen molar-refractivity contribution in [2.24, 2.45) is 0 Å². The quantitative estimate of drug-likeness (QED) is 0.830. The predicted molar refractivity (Wildman–Crippen MR) is 68.3 cm³/mol. The van der Waals surface area contributed by atoms with Gasteiger partial charge in [-0.25, -0.2) is 0 Å². The zero-order chi connectivity index (χ0) is 13.9. The van der Waals surface area contributed by atoms with Crippen molar-refractivity contribution in [2.45, 2.75) is 25.4 Å². The molecule has 0 saturated heterocycles. The maximum Gasteiger partial charge on any atom is 0.264 e. The molecule has 1 aliphatic carbocycles. The van der Waals surface area contributed by atoms with Crippen molar-refractivity contribution in [1.82, 2.24) is 10.1 Å². The van der Waals surface area contributed by atoms with Gasteiger partial charge in [0.2, 0.25) is 0 Å². The lowest BCUT2D eigenvalue weighted by molar-refractivity contribution is 0.241. The van der Waals surface area contributed by atoms with Gasteiger partial charge in [-0.2, -0.15) is 10.2 Å². The molecule has 2 aromatic rings. The highest BCUT2D eigenvalue weighted by molar-refractivity contribution is 5.43. The van der Waals surface area contributed by atoms with Gasteiger partial charge in [0.25, 0.3) is 5.89 Å². The summed E-state index contributed by atoms with van der Waals surface area (Å²) in [6.45, 7) is 0.178. The van der Waals surface area contributed by atoms with E-state index in [9.17, 15) is 0 Å². The van der Waals surface area contributed by atoms with Gasteiger partial charge in [-0.05, 0) is 25.0 Å². The van der Waals surface area contributed by atoms with Crippen molar-refractivity contribution in [2.75, 3.05) is 7.11 Å². The fraction of sp³-hybridized carbons (Fsp3) is 0.357. The van der Waals surface area contributed by atoms with Crippen molar-refractivity contribution < 1.29 is 14.0 Å². The second-order valence-corrected chi connectivity index (χ2v) is 4.62. The molecule has 1 heterocycles. The summed E-state index contributed by atoms with van der Waals surface area (Å²) in [5, 5.41) is 12.9. The molecule has 102 valence electrons. The summed E-state index contributed by atoms with van der Waals surface area (Å²) in [4.78, 5) is 4.27. The Kier molecular flexibility index (Phi) is 3.25. The zero-order valence-electron chi connectivity index (χ0n) is 11.0. The lowest BCUT2D eigenvalue weighted by atomic mass is 10.2. The number of hydrogen-bond donors (Lipinski definition) is 0. The van der Waals surface area contributed by atoms with Crippen molar-refractivity contribution in [3.63, 3.8) is 0 Å². The van der Waals surface area contributed by atoms with E-state index in [4.69, 9.17) is 19.3 Å². The molecule has 6 heteroatoms. The van der Waals surface area contributed by atoms with Gasteiger partial charge in [0.15, 0.2) is 12.4 Å². The largest absolute Gasteiger partial charge is 0.497 e. The first kappa shape index (κ1) is 12.5. The fourth-order valence-electron chi connectivity index (χ4n) is 1.82. The van der Waals surface area contributed by atoms with E-state index in [-0.39, 0.29) is 6.61 Å². The molecule has 1 fully saturated rings. The molecule has 0 atom stereocenters. The standard InChI is InChI=1S/C14H13N3O3/c1-18-11-4-9(7-15)5-12(6-11)19-8-13-16-14(17-20-13)10-2-3-10/h4-6,10H,2-3,8H2,1H3. The van der Waals surface area contributed by atoms with Crippen LogP contribution in [0.15, 0.2) is 22.7 Å². The number of ether oxygens (including phenoxy) is 2. The Morgan fingerprint density at radius 3 is 2.85 bits per heavy atom. The van der Waals surface area contributed by atoms with Crippen molar-refractivity contribution in [3.05, 3.63) is 35.5 Å². The van der Waals surface area contributed by atoms with E-state index in [1.165, 1.54) is 0 Å². The van der Waals surface area contributed by atoms with Gasteiger partial charge in [0.1, 0.15) is 11.5 Å². The normalized spacial score (nSPS) is 13.8. The lowest BCUT2D eigenvalue weighted by Crippen LogP contribution is -1.97. The molecule has 0 unspecified atom stereocenters. The van der Waals surface area contributed by atoms with E-state index in [0.29, 0.717) is 28.9 Å². The number of rotatable bonds is 5. The molecule has 1 aromatic heterocycles. The zero-order valence-corrected chi connectivity index (χ0v) is 11.0. The van der Waals surface area contributed by atoms with Crippen molar-refractivity contribution in [3.8, 4) is 17.6 Å². The molecular weight excluding hydrogens is 258 g/mol. The minimum atomic E-state index is 0.178. The first-order chi connectivity index (χ1) is 9.78. The van der Waals surface area contributed by atoms with Gasteiger partial charge >= 0.3 is 0 Å². The minimum Gasteiger partial charge on any atom is -0.497 e. The summed E-state index contributed by atoms with van der Waals surface area (Å²) in [6, 6.07) is 7.05. The van der Waals surface area contributed by atoms with Gasteiger partial charge < -0.3 is 14.0 Å². The maximum absolute atomic E-state index is 8.94. The molecule has 0 radical (unpaired) electrons. The van der Waals surface area contributed by atoms with Crippen LogP contribution in [0.2, 0.25) is 0 Å². The summed E-state index contributed by atoms with van der Waals surface area (Å²) in [6.07, 6.45) is 2.25. The van der Waals surface area contributed by atoms with E-state index in [1.807, 2.05) is 0 Å². The first-order valence-electron chi connectivity index (χ1n) is 6.33. The van der Waals surface area contributed by atoms with Crippen LogP contribution >= 0.6 is 0 Å². The third-order valence-electron chi connectivity index (χ3n) is 3.03. The van der Waals surface area contributed by atoms with Crippen molar-refractivity contribution >= 4 is 0 Å². The summed E-state index contributed by atoms with van der Waals surface area (Å²) < 4.78 is 15.8. The Hall–Kier alpha value is -2.55. The molecule has 1 saturated carbocycles. The highest BCUT2D eigenvalue weighted by atomic mass is 16.5. The molecule has 20 heavy (non-hydrogen) atoms. The molecular formula is C14H13N3O3. The number of nitrogens with zero attached hydrogens (tertiary/aromatic N) is 3. The van der Waals surface area contributed by atoms with E-state index in [0.717, 1.165) is 18.7 Å². The molecule has 1 aromatic carbocycles. The molecule has 1 aliphatic rings. The minimum absolute atomic E-state index is 0.178. The van der Waals surface area contributed by atoms with Gasteiger partial charge in [-0.3, -0.25) is 0 Å². The number of benzene rings is 1. The van der Waals surface area contributed by atoms with Gasteiger partial charge in [0.05, 0.1) is 18.7 Å². The smallest absolute Gasteiger partial charge is 0.264 e. The average molecular weight is 271 g/mol. The van der Waals surface area contributed by atoms with E-state index >= 15 is 0 Å². The Morgan fingerprint density at radius 2 is 2.15 bits per heavy atom. The van der Waals surface area contributed by atoms with Gasteiger partial charge in [0, 0.05) is 12.0 Å². The molecule has 0 amide bonds. The summed E-state index contributed by atoms with van der Waals surface area (Å²) in [5.41, 5.74) is 0.476. The molecule has 0 spiro atoms. The Bertz CT molecular complexity index is 656. The van der Waals surface area contributed by atoms with Gasteiger partial charge in [-0.1, -0.05) is 5.16 Å². The van der Waals surface area contributed by atoms with Gasteiger partial charge in [-0.15, -0.1) is 0 Å². The average Bonchev–Trinajstić information content (AvgIpc) is 3.23. The highest BCUT2D eigenvalue weighted by Gasteiger charge is 2.28. The Balaban J connectivity index is 1.69. The molecule has 6 nitrogen and oxygen atoms in total. The topological polar surface area (TPSA) is 81.2 Å². The SMILES string of the molecule is COc1cc(C#N)cc(OCc2nc(C3CC3)no2)c1. The number of nitriles is 1. The fourth-order valence-corrected chi connectivity index (χ4v) is 1.82. The summed E-state index contributed by atoms with van der Waals surface area (Å²) in [5.74, 6) is 2.75. The van der Waals surface area contributed by atoms with Crippen LogP contribution in [0.5, 0.6) is 11.5 Å². The second kappa shape index (κ2) is 5.21. The van der Waals surface area contributed by atoms with Crippen LogP contribution in [0, 0.1) is 11.3 Å². The van der Waals surface area contributed by atoms with Crippen LogP contribution < -0.4 is 9.47 Å². The van der Waals surface area contributed by atoms with E-state index in [1.54, 1.807) is 25.3 Å². The lowest BCUT2D eigenvalue weighted by Gasteiger charge is -2.06. The number of aromatic nitrogens is 2. The maximum atomic E-state index is 8.94. The highest BCUT2D eigenvalue weighted by Crippen LogP contribution is 2.38. The van der Waals surface area contributed by atoms with Crippen molar-refractivity contribution in [1.29, 1.82) is 5.26 Å². The third-order valence-corrected chi connectivity index (χ3v) is 3.03. The molecule has 0 N–H and O–H groups in total. The van der Waals surface area contributed by atoms with Crippen LogP contribution in [0.1, 0.15) is 36.0 Å². The van der Waals surface area contributed by atoms with Crippen LogP contribution in [0.3, 0.4) is 0 Å². The first-order valence-corrected chi connectivity index (χ1v) is 6.33. The Morgan fingerprint density at radius 1 is 1.35 bits per heavy atom. The van der Waals surface area contributed by atoms with Crippen LogP contribution in [0.25, 0.3) is 0 Å².